The minimum atomic E-state index is -0.864. The van der Waals surface area contributed by atoms with Gasteiger partial charge in [0, 0.05) is 50.4 Å². The fourth-order valence-corrected chi connectivity index (χ4v) is 3.54. The minimum absolute atomic E-state index is 0.0169. The molecular weight excluding hydrogens is 370 g/mol. The molecule has 7 nitrogen and oxygen atoms in total. The van der Waals surface area contributed by atoms with Gasteiger partial charge in [0.1, 0.15) is 5.75 Å². The van der Waals surface area contributed by atoms with Crippen molar-refractivity contribution in [3.63, 3.8) is 0 Å². The molecule has 154 valence electrons. The summed E-state index contributed by atoms with van der Waals surface area (Å²) < 4.78 is 0. The number of carboxylic acid groups (broad SMARTS) is 1. The van der Waals surface area contributed by atoms with Crippen molar-refractivity contribution >= 4 is 17.7 Å². The number of rotatable bonds is 7. The number of aromatic hydroxyl groups is 1. The lowest BCUT2D eigenvalue weighted by molar-refractivity contribution is -0.137. The summed E-state index contributed by atoms with van der Waals surface area (Å²) in [5.41, 5.74) is 2.00. The predicted octanol–water partition coefficient (Wildman–Crippen LogP) is 2.70. The zero-order valence-electron chi connectivity index (χ0n) is 16.3. The molecule has 1 atom stereocenters. The normalized spacial score (nSPS) is 15.0. The molecule has 1 fully saturated rings. The lowest BCUT2D eigenvalue weighted by Crippen LogP contribution is -2.53. The molecule has 2 amide bonds. The Morgan fingerprint density at radius 2 is 1.72 bits per heavy atom. The highest BCUT2D eigenvalue weighted by Gasteiger charge is 2.24. The van der Waals surface area contributed by atoms with Crippen LogP contribution in [0.25, 0.3) is 0 Å². The van der Waals surface area contributed by atoms with E-state index in [9.17, 15) is 14.7 Å². The lowest BCUT2D eigenvalue weighted by atomic mass is 10.0. The molecule has 0 saturated carbocycles. The molecule has 2 aromatic carbocycles. The zero-order chi connectivity index (χ0) is 20.6. The molecule has 0 aromatic heterocycles. The largest absolute Gasteiger partial charge is 0.508 e. The molecule has 1 aliphatic rings. The van der Waals surface area contributed by atoms with E-state index >= 15 is 0 Å². The van der Waals surface area contributed by atoms with E-state index < -0.39 is 5.97 Å². The topological polar surface area (TPSA) is 93.1 Å². The van der Waals surface area contributed by atoms with Gasteiger partial charge < -0.3 is 25.3 Å². The molecular formula is C22H27N3O4. The summed E-state index contributed by atoms with van der Waals surface area (Å²) in [7, 11) is 0. The standard InChI is InChI=1S/C22H27N3O4/c26-20-8-4-7-19(16-20)24-11-13-25(14-12-24)22(29)23-18(9-10-21(27)28)15-17-5-2-1-3-6-17/h1-8,16,18,26H,9-15H2,(H,23,29)(H,27,28). The van der Waals surface area contributed by atoms with Crippen LogP contribution in [-0.2, 0) is 11.2 Å². The van der Waals surface area contributed by atoms with E-state index in [0.717, 1.165) is 11.3 Å². The van der Waals surface area contributed by atoms with Crippen LogP contribution < -0.4 is 10.2 Å². The Morgan fingerprint density at radius 3 is 2.38 bits per heavy atom. The highest BCUT2D eigenvalue weighted by atomic mass is 16.4. The predicted molar refractivity (Wildman–Crippen MR) is 111 cm³/mol. The average Bonchev–Trinajstić information content (AvgIpc) is 2.73. The third-order valence-corrected chi connectivity index (χ3v) is 5.12. The van der Waals surface area contributed by atoms with Crippen LogP contribution in [0.3, 0.4) is 0 Å². The van der Waals surface area contributed by atoms with Crippen molar-refractivity contribution in [2.45, 2.75) is 25.3 Å². The van der Waals surface area contributed by atoms with Crippen LogP contribution >= 0.6 is 0 Å². The van der Waals surface area contributed by atoms with Gasteiger partial charge in [-0.1, -0.05) is 36.4 Å². The zero-order valence-corrected chi connectivity index (χ0v) is 16.3. The molecule has 2 aromatic rings. The van der Waals surface area contributed by atoms with Gasteiger partial charge in [0.15, 0.2) is 0 Å². The number of hydrogen-bond donors (Lipinski definition) is 3. The SMILES string of the molecule is O=C(O)CCC(Cc1ccccc1)NC(=O)N1CCN(c2cccc(O)c2)CC1. The number of aliphatic carboxylic acids is 1. The number of benzene rings is 2. The number of anilines is 1. The number of carbonyl (C=O) groups excluding carboxylic acids is 1. The van der Waals surface area contributed by atoms with Crippen molar-refractivity contribution in [2.24, 2.45) is 0 Å². The number of carboxylic acids is 1. The van der Waals surface area contributed by atoms with Crippen molar-refractivity contribution in [3.8, 4) is 5.75 Å². The van der Waals surface area contributed by atoms with Gasteiger partial charge >= 0.3 is 12.0 Å². The maximum absolute atomic E-state index is 12.7. The van der Waals surface area contributed by atoms with Gasteiger partial charge in [0.2, 0.25) is 0 Å². The summed E-state index contributed by atoms with van der Waals surface area (Å²) >= 11 is 0. The van der Waals surface area contributed by atoms with E-state index in [-0.39, 0.29) is 24.2 Å². The molecule has 3 N–H and O–H groups in total. The van der Waals surface area contributed by atoms with E-state index in [1.807, 2.05) is 36.4 Å². The van der Waals surface area contributed by atoms with Gasteiger partial charge in [-0.05, 0) is 30.5 Å². The second-order valence-electron chi connectivity index (χ2n) is 7.26. The average molecular weight is 397 g/mol. The molecule has 29 heavy (non-hydrogen) atoms. The Kier molecular flexibility index (Phi) is 6.94. The summed E-state index contributed by atoms with van der Waals surface area (Å²) in [6.45, 7) is 2.49. The minimum Gasteiger partial charge on any atom is -0.508 e. The summed E-state index contributed by atoms with van der Waals surface area (Å²) in [6.07, 6.45) is 1.01. The molecule has 0 radical (unpaired) electrons. The Morgan fingerprint density at radius 1 is 1.00 bits per heavy atom. The molecule has 3 rings (SSSR count). The first-order valence-corrected chi connectivity index (χ1v) is 9.86. The summed E-state index contributed by atoms with van der Waals surface area (Å²) in [6, 6.07) is 16.5. The lowest BCUT2D eigenvalue weighted by Gasteiger charge is -2.36. The third-order valence-electron chi connectivity index (χ3n) is 5.12. The van der Waals surface area contributed by atoms with E-state index in [4.69, 9.17) is 5.11 Å². The third kappa shape index (κ3) is 6.14. The van der Waals surface area contributed by atoms with Crippen molar-refractivity contribution in [1.82, 2.24) is 10.2 Å². The number of phenolic OH excluding ortho intramolecular Hbond substituents is 1. The molecule has 1 saturated heterocycles. The van der Waals surface area contributed by atoms with Gasteiger partial charge in [-0.2, -0.15) is 0 Å². The second kappa shape index (κ2) is 9.82. The van der Waals surface area contributed by atoms with Crippen molar-refractivity contribution in [2.75, 3.05) is 31.1 Å². The Balaban J connectivity index is 1.55. The summed E-state index contributed by atoms with van der Waals surface area (Å²) in [4.78, 5) is 27.6. The van der Waals surface area contributed by atoms with Gasteiger partial charge in [-0.25, -0.2) is 4.79 Å². The molecule has 0 spiro atoms. The van der Waals surface area contributed by atoms with E-state index in [2.05, 4.69) is 10.2 Å². The monoisotopic (exact) mass is 397 g/mol. The highest BCUT2D eigenvalue weighted by Crippen LogP contribution is 2.21. The fraction of sp³-hybridized carbons (Fsp3) is 0.364. The van der Waals surface area contributed by atoms with Crippen LogP contribution in [0.4, 0.5) is 10.5 Å². The molecule has 0 aliphatic carbocycles. The first kappa shape index (κ1) is 20.5. The maximum atomic E-state index is 12.7. The molecule has 0 bridgehead atoms. The number of nitrogens with one attached hydrogen (secondary N) is 1. The number of amides is 2. The maximum Gasteiger partial charge on any atom is 0.317 e. The smallest absolute Gasteiger partial charge is 0.317 e. The molecule has 1 heterocycles. The molecule has 1 unspecified atom stereocenters. The van der Waals surface area contributed by atoms with Crippen molar-refractivity contribution in [1.29, 1.82) is 0 Å². The van der Waals surface area contributed by atoms with Crippen LogP contribution in [0, 0.1) is 0 Å². The second-order valence-corrected chi connectivity index (χ2v) is 7.26. The van der Waals surface area contributed by atoms with E-state index in [0.29, 0.717) is 39.0 Å². The van der Waals surface area contributed by atoms with Gasteiger partial charge in [0.05, 0.1) is 0 Å². The number of phenols is 1. The number of carbonyl (C=O) groups is 2. The Labute approximate surface area is 170 Å². The quantitative estimate of drug-likeness (QED) is 0.668. The summed E-state index contributed by atoms with van der Waals surface area (Å²) in [5, 5.41) is 21.7. The van der Waals surface area contributed by atoms with Crippen LogP contribution in [0.2, 0.25) is 0 Å². The number of hydrogen-bond acceptors (Lipinski definition) is 4. The Bertz CT molecular complexity index is 820. The molecule has 1 aliphatic heterocycles. The number of urea groups is 1. The van der Waals surface area contributed by atoms with Crippen LogP contribution in [0.1, 0.15) is 18.4 Å². The highest BCUT2D eigenvalue weighted by molar-refractivity contribution is 5.75. The van der Waals surface area contributed by atoms with Crippen molar-refractivity contribution < 1.29 is 19.8 Å². The Hall–Kier alpha value is -3.22. The van der Waals surface area contributed by atoms with E-state index in [1.54, 1.807) is 23.1 Å². The van der Waals surface area contributed by atoms with Gasteiger partial charge in [0.25, 0.3) is 0 Å². The first-order valence-electron chi connectivity index (χ1n) is 9.86. The van der Waals surface area contributed by atoms with Crippen molar-refractivity contribution in [3.05, 3.63) is 60.2 Å². The van der Waals surface area contributed by atoms with E-state index in [1.165, 1.54) is 0 Å². The van der Waals surface area contributed by atoms with Gasteiger partial charge in [-0.3, -0.25) is 4.79 Å². The van der Waals surface area contributed by atoms with Crippen LogP contribution in [0.15, 0.2) is 54.6 Å². The van der Waals surface area contributed by atoms with Gasteiger partial charge in [-0.15, -0.1) is 0 Å². The summed E-state index contributed by atoms with van der Waals surface area (Å²) in [5.74, 6) is -0.637. The molecule has 7 heteroatoms. The van der Waals surface area contributed by atoms with Crippen LogP contribution in [-0.4, -0.2) is 59.3 Å². The number of piperazine rings is 1. The first-order chi connectivity index (χ1) is 14.0. The fourth-order valence-electron chi connectivity index (χ4n) is 3.54. The van der Waals surface area contributed by atoms with Crippen LogP contribution in [0.5, 0.6) is 5.75 Å². The number of nitrogens with zero attached hydrogens (tertiary/aromatic N) is 2.